The van der Waals surface area contributed by atoms with Gasteiger partial charge in [-0.3, -0.25) is 9.88 Å². The Morgan fingerprint density at radius 3 is 2.57 bits per heavy atom. The first-order chi connectivity index (χ1) is 14.4. The molecule has 0 bridgehead atoms. The number of rotatable bonds is 5. The monoisotopic (exact) mass is 428 g/mol. The first-order valence-electron chi connectivity index (χ1n) is 10.7. The van der Waals surface area contributed by atoms with Crippen molar-refractivity contribution in [1.29, 1.82) is 0 Å². The Labute approximate surface area is 178 Å². The lowest BCUT2D eigenvalue weighted by atomic mass is 10.1. The van der Waals surface area contributed by atoms with Crippen molar-refractivity contribution < 1.29 is 13.2 Å². The normalized spacial score (nSPS) is 25.3. The van der Waals surface area contributed by atoms with Crippen LogP contribution >= 0.6 is 0 Å². The lowest BCUT2D eigenvalue weighted by molar-refractivity contribution is 0.151. The van der Waals surface area contributed by atoms with Crippen molar-refractivity contribution in [2.45, 2.75) is 56.1 Å². The molecule has 3 fully saturated rings. The fourth-order valence-corrected chi connectivity index (χ4v) is 6.00. The van der Waals surface area contributed by atoms with E-state index in [0.717, 1.165) is 36.3 Å². The number of hydrogen-bond acceptors (Lipinski definition) is 6. The van der Waals surface area contributed by atoms with Gasteiger partial charge in [-0.15, -0.1) is 0 Å². The minimum atomic E-state index is -3.48. The van der Waals surface area contributed by atoms with Gasteiger partial charge in [-0.1, -0.05) is 6.07 Å². The third-order valence-electron chi connectivity index (χ3n) is 6.59. The molecule has 2 atom stereocenters. The first-order valence-corrected chi connectivity index (χ1v) is 12.1. The molecule has 1 aromatic heterocycles. The number of aromatic nitrogens is 2. The van der Waals surface area contributed by atoms with Crippen LogP contribution in [0.4, 0.5) is 0 Å². The van der Waals surface area contributed by atoms with E-state index in [0.29, 0.717) is 29.8 Å². The summed E-state index contributed by atoms with van der Waals surface area (Å²) in [5, 5.41) is 0. The molecule has 7 nitrogen and oxygen atoms in total. The van der Waals surface area contributed by atoms with Crippen LogP contribution in [0.5, 0.6) is 5.88 Å². The summed E-state index contributed by atoms with van der Waals surface area (Å²) < 4.78 is 34.0. The van der Waals surface area contributed by atoms with Crippen molar-refractivity contribution in [1.82, 2.24) is 19.2 Å². The highest BCUT2D eigenvalue weighted by molar-refractivity contribution is 7.89. The van der Waals surface area contributed by atoms with Crippen molar-refractivity contribution in [2.24, 2.45) is 0 Å². The summed E-state index contributed by atoms with van der Waals surface area (Å²) in [6.07, 6.45) is 6.77. The molecular formula is C22H28N4O3S. The Hall–Kier alpha value is -2.03. The van der Waals surface area contributed by atoms with Gasteiger partial charge in [0.1, 0.15) is 6.10 Å². The fourth-order valence-electron chi connectivity index (χ4n) is 4.44. The van der Waals surface area contributed by atoms with Crippen LogP contribution < -0.4 is 4.74 Å². The fraction of sp³-hybridized carbons (Fsp3) is 0.545. The van der Waals surface area contributed by atoms with Crippen molar-refractivity contribution in [2.75, 3.05) is 26.2 Å². The van der Waals surface area contributed by atoms with Gasteiger partial charge in [0.25, 0.3) is 0 Å². The smallest absolute Gasteiger partial charge is 0.243 e. The summed E-state index contributed by atoms with van der Waals surface area (Å²) in [5.74, 6) is 1.14. The Bertz CT molecular complexity index is 1040. The van der Waals surface area contributed by atoms with Crippen LogP contribution in [0.25, 0.3) is 0 Å². The summed E-state index contributed by atoms with van der Waals surface area (Å²) in [5.41, 5.74) is 3.15. The van der Waals surface area contributed by atoms with Gasteiger partial charge in [0.2, 0.25) is 15.9 Å². The number of sulfonamides is 1. The molecule has 2 aliphatic heterocycles. The molecule has 3 aliphatic rings. The maximum Gasteiger partial charge on any atom is 0.243 e. The molecule has 0 unspecified atom stereocenters. The molecule has 0 radical (unpaired) electrons. The quantitative estimate of drug-likeness (QED) is 0.728. The third kappa shape index (κ3) is 3.84. The zero-order valence-corrected chi connectivity index (χ0v) is 18.3. The number of nitrogens with zero attached hydrogens (tertiary/aromatic N) is 4. The number of benzene rings is 1. The molecule has 160 valence electrons. The molecule has 1 aliphatic carbocycles. The second-order valence-corrected chi connectivity index (χ2v) is 10.7. The van der Waals surface area contributed by atoms with Crippen LogP contribution in [0, 0.1) is 13.8 Å². The predicted octanol–water partition coefficient (Wildman–Crippen LogP) is 2.50. The van der Waals surface area contributed by atoms with Crippen molar-refractivity contribution in [3.8, 4) is 5.88 Å². The topological polar surface area (TPSA) is 75.6 Å². The number of hydrogen-bond donors (Lipinski definition) is 0. The van der Waals surface area contributed by atoms with E-state index in [1.54, 1.807) is 22.6 Å². The third-order valence-corrected chi connectivity index (χ3v) is 8.45. The van der Waals surface area contributed by atoms with Crippen molar-refractivity contribution in [3.63, 3.8) is 0 Å². The summed E-state index contributed by atoms with van der Waals surface area (Å²) in [6.45, 7) is 6.48. The number of aryl methyl sites for hydroxylation is 2. The molecule has 3 heterocycles. The van der Waals surface area contributed by atoms with Crippen LogP contribution in [0.1, 0.15) is 42.0 Å². The maximum absolute atomic E-state index is 13.2. The van der Waals surface area contributed by atoms with Gasteiger partial charge in [-0.25, -0.2) is 13.4 Å². The van der Waals surface area contributed by atoms with Gasteiger partial charge < -0.3 is 4.74 Å². The lowest BCUT2D eigenvalue weighted by Gasteiger charge is -2.36. The molecule has 0 spiro atoms. The summed E-state index contributed by atoms with van der Waals surface area (Å²) >= 11 is 0. The molecule has 1 saturated carbocycles. The molecule has 2 aromatic rings. The predicted molar refractivity (Wildman–Crippen MR) is 113 cm³/mol. The molecule has 0 N–H and O–H groups in total. The summed E-state index contributed by atoms with van der Waals surface area (Å²) in [6, 6.07) is 5.55. The molecule has 8 heteroatoms. The van der Waals surface area contributed by atoms with E-state index in [9.17, 15) is 8.42 Å². The lowest BCUT2D eigenvalue weighted by Crippen LogP contribution is -2.51. The van der Waals surface area contributed by atoms with E-state index in [1.807, 2.05) is 26.1 Å². The minimum absolute atomic E-state index is 0.0142. The zero-order chi connectivity index (χ0) is 20.9. The van der Waals surface area contributed by atoms with Gasteiger partial charge in [0.05, 0.1) is 23.0 Å². The van der Waals surface area contributed by atoms with Crippen LogP contribution in [-0.4, -0.2) is 65.9 Å². The Kier molecular flexibility index (Phi) is 5.03. The molecule has 1 aromatic carbocycles. The highest BCUT2D eigenvalue weighted by Crippen LogP contribution is 2.38. The molecule has 0 amide bonds. The number of piperazine rings is 1. The SMILES string of the molecule is Cc1ccc(S(=O)(=O)N2CCN3C[C@@H](Oc4cnc(C5CC5)cn4)C[C@H]3C2)cc1C. The molecule has 5 rings (SSSR count). The molecular weight excluding hydrogens is 400 g/mol. The Balaban J connectivity index is 1.23. The van der Waals surface area contributed by atoms with Crippen LogP contribution in [0.2, 0.25) is 0 Å². The van der Waals surface area contributed by atoms with Gasteiger partial charge >= 0.3 is 0 Å². The Morgan fingerprint density at radius 1 is 1.03 bits per heavy atom. The van der Waals surface area contributed by atoms with Gasteiger partial charge in [0, 0.05) is 44.6 Å². The highest BCUT2D eigenvalue weighted by Gasteiger charge is 2.41. The van der Waals surface area contributed by atoms with E-state index in [1.165, 1.54) is 12.8 Å². The first kappa shape index (κ1) is 19.9. The van der Waals surface area contributed by atoms with Gasteiger partial charge in [-0.2, -0.15) is 4.31 Å². The number of ether oxygens (including phenoxy) is 1. The van der Waals surface area contributed by atoms with E-state index in [-0.39, 0.29) is 12.1 Å². The summed E-state index contributed by atoms with van der Waals surface area (Å²) in [7, 11) is -3.48. The highest BCUT2D eigenvalue weighted by atomic mass is 32.2. The van der Waals surface area contributed by atoms with Crippen LogP contribution in [0.15, 0.2) is 35.5 Å². The average Bonchev–Trinajstić information content (AvgIpc) is 3.50. The number of fused-ring (bicyclic) bond motifs is 1. The average molecular weight is 429 g/mol. The molecule has 30 heavy (non-hydrogen) atoms. The second-order valence-electron chi connectivity index (χ2n) is 8.79. The Morgan fingerprint density at radius 2 is 1.87 bits per heavy atom. The van der Waals surface area contributed by atoms with Crippen LogP contribution in [0.3, 0.4) is 0 Å². The summed E-state index contributed by atoms with van der Waals surface area (Å²) in [4.78, 5) is 11.6. The zero-order valence-electron chi connectivity index (χ0n) is 17.5. The van der Waals surface area contributed by atoms with E-state index < -0.39 is 10.0 Å². The second kappa shape index (κ2) is 7.59. The van der Waals surface area contributed by atoms with E-state index in [4.69, 9.17) is 4.74 Å². The van der Waals surface area contributed by atoms with E-state index >= 15 is 0 Å². The standard InChI is InChI=1S/C22H28N4O3S/c1-15-3-6-20(9-16(15)2)30(27,28)26-8-7-25-14-19(10-18(25)13-26)29-22-12-23-21(11-24-22)17-4-5-17/h3,6,9,11-12,17-19H,4-5,7-8,10,13-14H2,1-2H3/t18-,19-/m0/s1. The van der Waals surface area contributed by atoms with Crippen LogP contribution in [-0.2, 0) is 10.0 Å². The van der Waals surface area contributed by atoms with Crippen molar-refractivity contribution in [3.05, 3.63) is 47.4 Å². The largest absolute Gasteiger partial charge is 0.472 e. The van der Waals surface area contributed by atoms with Gasteiger partial charge in [0.15, 0.2) is 0 Å². The molecule has 2 saturated heterocycles. The minimum Gasteiger partial charge on any atom is -0.472 e. The van der Waals surface area contributed by atoms with Gasteiger partial charge in [-0.05, 0) is 49.9 Å². The van der Waals surface area contributed by atoms with E-state index in [2.05, 4.69) is 14.9 Å². The maximum atomic E-state index is 13.2. The van der Waals surface area contributed by atoms with Crippen molar-refractivity contribution >= 4 is 10.0 Å².